The molecule has 0 bridgehead atoms. The van der Waals surface area contributed by atoms with Crippen LogP contribution in [0.25, 0.3) is 0 Å². The van der Waals surface area contributed by atoms with Crippen LogP contribution in [0.1, 0.15) is 22.1 Å². The summed E-state index contributed by atoms with van der Waals surface area (Å²) in [5.41, 5.74) is 1.92. The number of amides is 2. The van der Waals surface area contributed by atoms with Gasteiger partial charge in [0.2, 0.25) is 0 Å². The number of rotatable bonds is 7. The predicted molar refractivity (Wildman–Crippen MR) is 116 cm³/mol. The van der Waals surface area contributed by atoms with Gasteiger partial charge in [0.25, 0.3) is 0 Å². The Balaban J connectivity index is 1.68. The van der Waals surface area contributed by atoms with E-state index in [0.717, 1.165) is 11.1 Å². The monoisotopic (exact) mass is 460 g/mol. The average Bonchev–Trinajstić information content (AvgIpc) is 3.27. The maximum atomic E-state index is 13.1. The van der Waals surface area contributed by atoms with Crippen LogP contribution in [0, 0.1) is 6.92 Å². The third-order valence-corrected chi connectivity index (χ3v) is 6.93. The highest BCUT2D eigenvalue weighted by Gasteiger charge is 2.32. The predicted octanol–water partition coefficient (Wildman–Crippen LogP) is 3.19. The highest BCUT2D eigenvalue weighted by Crippen LogP contribution is 2.29. The van der Waals surface area contributed by atoms with Crippen LogP contribution in [0.3, 0.4) is 0 Å². The average molecular weight is 461 g/mol. The Hall–Kier alpha value is -3.10. The van der Waals surface area contributed by atoms with Gasteiger partial charge in [0.1, 0.15) is 11.0 Å². The molecule has 0 fully saturated rings. The lowest BCUT2D eigenvalue weighted by molar-refractivity contribution is -0.139. The summed E-state index contributed by atoms with van der Waals surface area (Å²) in [6.45, 7) is 1.79. The molecule has 2 aromatic carbocycles. The summed E-state index contributed by atoms with van der Waals surface area (Å²) in [6, 6.07) is 16.2. The van der Waals surface area contributed by atoms with E-state index < -0.39 is 26.9 Å². The summed E-state index contributed by atoms with van der Waals surface area (Å²) >= 11 is 5.85. The third kappa shape index (κ3) is 5.74. The van der Waals surface area contributed by atoms with Crippen molar-refractivity contribution in [1.29, 1.82) is 0 Å². The lowest BCUT2D eigenvalue weighted by atomic mass is 10.1. The number of furan rings is 1. The standard InChI is InChI=1S/C22H21ClN2O5S/c1-15-4-6-16(7-5-15)13-24-21(26)22(27)25-14-20(19-3-2-12-30-19)31(28,29)18-10-8-17(23)9-11-18/h2-12,20H,13-14H2,1H3,(H,24,26)(H,25,27)/t20-/m0/s1. The number of carbonyl (C=O) groups excluding carboxylic acids is 2. The molecule has 0 aliphatic carbocycles. The maximum Gasteiger partial charge on any atom is 0.309 e. The Kier molecular flexibility index (Phi) is 7.14. The Labute approximate surface area is 185 Å². The summed E-state index contributed by atoms with van der Waals surface area (Å²) < 4.78 is 31.5. The van der Waals surface area contributed by atoms with Crippen molar-refractivity contribution < 1.29 is 22.4 Å². The van der Waals surface area contributed by atoms with E-state index in [1.54, 1.807) is 6.07 Å². The van der Waals surface area contributed by atoms with E-state index in [9.17, 15) is 18.0 Å². The van der Waals surface area contributed by atoms with Gasteiger partial charge in [-0.05, 0) is 48.9 Å². The largest absolute Gasteiger partial charge is 0.468 e. The molecule has 0 aliphatic rings. The fourth-order valence-corrected chi connectivity index (χ4v) is 4.57. The molecule has 162 valence electrons. The normalized spacial score (nSPS) is 12.2. The molecule has 0 unspecified atom stereocenters. The lowest BCUT2D eigenvalue weighted by Crippen LogP contribution is -2.42. The lowest BCUT2D eigenvalue weighted by Gasteiger charge is -2.16. The van der Waals surface area contributed by atoms with Crippen LogP contribution < -0.4 is 10.6 Å². The number of benzene rings is 2. The van der Waals surface area contributed by atoms with E-state index in [1.807, 2.05) is 31.2 Å². The molecule has 1 heterocycles. The van der Waals surface area contributed by atoms with Crippen LogP contribution in [0.15, 0.2) is 76.2 Å². The van der Waals surface area contributed by atoms with Gasteiger partial charge in [0, 0.05) is 18.1 Å². The minimum atomic E-state index is -3.92. The first-order chi connectivity index (χ1) is 14.8. The van der Waals surface area contributed by atoms with Crippen molar-refractivity contribution in [2.45, 2.75) is 23.6 Å². The number of aryl methyl sites for hydroxylation is 1. The molecule has 0 radical (unpaired) electrons. The molecule has 0 saturated heterocycles. The van der Waals surface area contributed by atoms with Crippen LogP contribution in [0.4, 0.5) is 0 Å². The molecule has 2 amide bonds. The van der Waals surface area contributed by atoms with Gasteiger partial charge in [-0.25, -0.2) is 8.42 Å². The van der Waals surface area contributed by atoms with Gasteiger partial charge in [-0.15, -0.1) is 0 Å². The fourth-order valence-electron chi connectivity index (χ4n) is 2.86. The van der Waals surface area contributed by atoms with Crippen LogP contribution in [0.5, 0.6) is 0 Å². The molecule has 1 atom stereocenters. The number of hydrogen-bond acceptors (Lipinski definition) is 5. The third-order valence-electron chi connectivity index (χ3n) is 4.61. The summed E-state index contributed by atoms with van der Waals surface area (Å²) in [5, 5.41) is 4.09. The smallest absolute Gasteiger partial charge is 0.309 e. The minimum Gasteiger partial charge on any atom is -0.468 e. The Bertz CT molecular complexity index is 1140. The van der Waals surface area contributed by atoms with Crippen molar-refractivity contribution >= 4 is 33.3 Å². The zero-order valence-corrected chi connectivity index (χ0v) is 18.2. The summed E-state index contributed by atoms with van der Waals surface area (Å²) in [4.78, 5) is 24.4. The SMILES string of the molecule is Cc1ccc(CNC(=O)C(=O)NC[C@@H](c2ccco2)S(=O)(=O)c2ccc(Cl)cc2)cc1. The molecule has 0 spiro atoms. The number of sulfone groups is 1. The van der Waals surface area contributed by atoms with Crippen LogP contribution in [-0.2, 0) is 26.0 Å². The second kappa shape index (κ2) is 9.80. The van der Waals surface area contributed by atoms with Crippen molar-refractivity contribution in [3.8, 4) is 0 Å². The molecule has 0 aliphatic heterocycles. The number of hydrogen-bond donors (Lipinski definition) is 2. The van der Waals surface area contributed by atoms with Gasteiger partial charge in [-0.1, -0.05) is 41.4 Å². The quantitative estimate of drug-likeness (QED) is 0.527. The Morgan fingerprint density at radius 2 is 1.61 bits per heavy atom. The molecular formula is C22H21ClN2O5S. The highest BCUT2D eigenvalue weighted by molar-refractivity contribution is 7.91. The molecule has 0 saturated carbocycles. The van der Waals surface area contributed by atoms with Crippen molar-refractivity contribution in [3.63, 3.8) is 0 Å². The minimum absolute atomic E-state index is 0.0244. The molecule has 3 rings (SSSR count). The zero-order valence-electron chi connectivity index (χ0n) is 16.7. The molecule has 31 heavy (non-hydrogen) atoms. The Morgan fingerprint density at radius 3 is 2.23 bits per heavy atom. The van der Waals surface area contributed by atoms with E-state index in [2.05, 4.69) is 10.6 Å². The first-order valence-corrected chi connectivity index (χ1v) is 11.3. The zero-order chi connectivity index (χ0) is 22.4. The molecule has 1 aromatic heterocycles. The second-order valence-electron chi connectivity index (χ2n) is 6.88. The van der Waals surface area contributed by atoms with Gasteiger partial charge in [0.15, 0.2) is 9.84 Å². The first-order valence-electron chi connectivity index (χ1n) is 9.42. The van der Waals surface area contributed by atoms with E-state index in [4.69, 9.17) is 16.0 Å². The second-order valence-corrected chi connectivity index (χ2v) is 9.45. The maximum absolute atomic E-state index is 13.1. The summed E-state index contributed by atoms with van der Waals surface area (Å²) in [6.07, 6.45) is 1.34. The van der Waals surface area contributed by atoms with Gasteiger partial charge in [-0.3, -0.25) is 9.59 Å². The van der Waals surface area contributed by atoms with Crippen LogP contribution in [0.2, 0.25) is 5.02 Å². The van der Waals surface area contributed by atoms with Gasteiger partial charge in [-0.2, -0.15) is 0 Å². The number of halogens is 1. The first kappa shape index (κ1) is 22.6. The van der Waals surface area contributed by atoms with Crippen LogP contribution in [-0.4, -0.2) is 26.8 Å². The number of carbonyl (C=O) groups is 2. The molecular weight excluding hydrogens is 440 g/mol. The molecule has 3 aromatic rings. The van der Waals surface area contributed by atoms with Crippen LogP contribution >= 0.6 is 11.6 Å². The fraction of sp³-hybridized carbons (Fsp3) is 0.182. The number of nitrogens with one attached hydrogen (secondary N) is 2. The van der Waals surface area contributed by atoms with Gasteiger partial charge >= 0.3 is 11.8 Å². The van der Waals surface area contributed by atoms with Crippen molar-refractivity contribution in [1.82, 2.24) is 10.6 Å². The van der Waals surface area contributed by atoms with E-state index in [-0.39, 0.29) is 23.7 Å². The molecule has 2 N–H and O–H groups in total. The van der Waals surface area contributed by atoms with Crippen molar-refractivity contribution in [2.24, 2.45) is 0 Å². The van der Waals surface area contributed by atoms with E-state index in [1.165, 1.54) is 36.6 Å². The Morgan fingerprint density at radius 1 is 0.968 bits per heavy atom. The topological polar surface area (TPSA) is 105 Å². The summed E-state index contributed by atoms with van der Waals surface area (Å²) in [7, 11) is -3.92. The molecule has 9 heteroatoms. The molecule has 7 nitrogen and oxygen atoms in total. The van der Waals surface area contributed by atoms with E-state index >= 15 is 0 Å². The highest BCUT2D eigenvalue weighted by atomic mass is 35.5. The van der Waals surface area contributed by atoms with Crippen molar-refractivity contribution in [2.75, 3.05) is 6.54 Å². The van der Waals surface area contributed by atoms with E-state index in [0.29, 0.717) is 5.02 Å². The summed E-state index contributed by atoms with van der Waals surface area (Å²) in [5.74, 6) is -1.65. The van der Waals surface area contributed by atoms with Crippen molar-refractivity contribution in [3.05, 3.63) is 88.8 Å². The van der Waals surface area contributed by atoms with Gasteiger partial charge < -0.3 is 15.1 Å². The van der Waals surface area contributed by atoms with Gasteiger partial charge in [0.05, 0.1) is 11.2 Å².